The molecule has 1 aliphatic heterocycles. The van der Waals surface area contributed by atoms with Gasteiger partial charge in [-0.25, -0.2) is 13.9 Å². The lowest BCUT2D eigenvalue weighted by Crippen LogP contribution is -2.42. The van der Waals surface area contributed by atoms with Gasteiger partial charge in [-0.05, 0) is 51.0 Å². The molecule has 8 heteroatoms. The Morgan fingerprint density at radius 3 is 2.73 bits per heavy atom. The van der Waals surface area contributed by atoms with Crippen molar-refractivity contribution in [2.75, 3.05) is 20.2 Å². The van der Waals surface area contributed by atoms with Crippen molar-refractivity contribution in [3.8, 4) is 5.75 Å². The van der Waals surface area contributed by atoms with Crippen LogP contribution in [0.25, 0.3) is 5.65 Å². The van der Waals surface area contributed by atoms with Gasteiger partial charge in [0.05, 0.1) is 7.11 Å². The van der Waals surface area contributed by atoms with Crippen molar-refractivity contribution in [2.24, 2.45) is 5.92 Å². The molecule has 3 aromatic rings. The number of halogens is 1. The highest BCUT2D eigenvalue weighted by atomic mass is 19.1. The Morgan fingerprint density at radius 2 is 2.00 bits per heavy atom. The number of piperidine rings is 1. The average Bonchev–Trinajstić information content (AvgIpc) is 3.17. The summed E-state index contributed by atoms with van der Waals surface area (Å²) < 4.78 is 20.6. The molecule has 4 rings (SSSR count). The van der Waals surface area contributed by atoms with E-state index in [2.05, 4.69) is 10.1 Å². The van der Waals surface area contributed by atoms with Crippen LogP contribution in [0.3, 0.4) is 0 Å². The maximum atomic E-state index is 14.0. The van der Waals surface area contributed by atoms with E-state index in [1.54, 1.807) is 21.5 Å². The van der Waals surface area contributed by atoms with E-state index < -0.39 is 5.82 Å². The monoisotopic (exact) mass is 410 g/mol. The molecule has 2 aromatic heterocycles. The maximum absolute atomic E-state index is 14.0. The van der Waals surface area contributed by atoms with Crippen LogP contribution in [0, 0.1) is 25.6 Å². The third-order valence-corrected chi connectivity index (χ3v) is 5.47. The number of methoxy groups -OCH3 is 1. The Balaban J connectivity index is 1.53. The van der Waals surface area contributed by atoms with Crippen LogP contribution >= 0.6 is 0 Å². The van der Waals surface area contributed by atoms with Crippen LogP contribution in [0.2, 0.25) is 0 Å². The van der Waals surface area contributed by atoms with Crippen LogP contribution in [0.4, 0.5) is 4.39 Å². The summed E-state index contributed by atoms with van der Waals surface area (Å²) in [4.78, 5) is 32.0. The van der Waals surface area contributed by atoms with Crippen molar-refractivity contribution in [2.45, 2.75) is 26.7 Å². The molecule has 1 saturated heterocycles. The Morgan fingerprint density at radius 1 is 1.20 bits per heavy atom. The summed E-state index contributed by atoms with van der Waals surface area (Å²) in [6.45, 7) is 4.64. The van der Waals surface area contributed by atoms with Gasteiger partial charge >= 0.3 is 0 Å². The number of nitrogens with zero attached hydrogens (tertiary/aromatic N) is 4. The number of rotatable bonds is 4. The molecular weight excluding hydrogens is 387 g/mol. The van der Waals surface area contributed by atoms with Crippen LogP contribution in [-0.4, -0.2) is 51.4 Å². The number of amides is 1. The van der Waals surface area contributed by atoms with Gasteiger partial charge in [0.15, 0.2) is 28.7 Å². The lowest BCUT2D eigenvalue weighted by atomic mass is 9.89. The number of ketones is 1. The number of ether oxygens (including phenoxy) is 1. The maximum Gasteiger partial charge on any atom is 0.274 e. The minimum Gasteiger partial charge on any atom is -0.494 e. The normalized spacial score (nSPS) is 16.7. The first-order chi connectivity index (χ1) is 14.4. The van der Waals surface area contributed by atoms with Crippen molar-refractivity contribution < 1.29 is 18.7 Å². The summed E-state index contributed by atoms with van der Waals surface area (Å²) in [7, 11) is 1.38. The van der Waals surface area contributed by atoms with Crippen LogP contribution in [0.5, 0.6) is 5.75 Å². The van der Waals surface area contributed by atoms with Gasteiger partial charge < -0.3 is 9.64 Å². The average molecular weight is 410 g/mol. The van der Waals surface area contributed by atoms with Crippen LogP contribution < -0.4 is 4.74 Å². The summed E-state index contributed by atoms with van der Waals surface area (Å²) in [5.74, 6) is -1.25. The highest BCUT2D eigenvalue weighted by Gasteiger charge is 2.31. The first kappa shape index (κ1) is 20.0. The van der Waals surface area contributed by atoms with Gasteiger partial charge in [-0.3, -0.25) is 9.59 Å². The molecule has 1 fully saturated rings. The smallest absolute Gasteiger partial charge is 0.274 e. The highest BCUT2D eigenvalue weighted by molar-refractivity contribution is 5.99. The second-order valence-electron chi connectivity index (χ2n) is 7.64. The van der Waals surface area contributed by atoms with Crippen molar-refractivity contribution in [3.05, 3.63) is 58.8 Å². The number of Topliss-reactive ketones (excluding diaryl/α,β-unsaturated/α-hetero) is 1. The molecule has 30 heavy (non-hydrogen) atoms. The largest absolute Gasteiger partial charge is 0.494 e. The van der Waals surface area contributed by atoms with Crippen LogP contribution in [0.15, 0.2) is 30.3 Å². The number of fused-ring (bicyclic) bond motifs is 1. The summed E-state index contributed by atoms with van der Waals surface area (Å²) in [5, 5.41) is 4.40. The van der Waals surface area contributed by atoms with Crippen LogP contribution in [-0.2, 0) is 0 Å². The van der Waals surface area contributed by atoms with Crippen LogP contribution in [0.1, 0.15) is 45.1 Å². The van der Waals surface area contributed by atoms with Gasteiger partial charge in [-0.15, -0.1) is 0 Å². The number of hydrogen-bond donors (Lipinski definition) is 0. The molecule has 0 saturated carbocycles. The van der Waals surface area contributed by atoms with Gasteiger partial charge in [-0.1, -0.05) is 0 Å². The quantitative estimate of drug-likeness (QED) is 0.617. The van der Waals surface area contributed by atoms with Crippen molar-refractivity contribution in [1.29, 1.82) is 0 Å². The number of carbonyl (C=O) groups is 2. The number of hydrogen-bond acceptors (Lipinski definition) is 5. The number of likely N-dealkylation sites (tertiary alicyclic amines) is 1. The Kier molecular flexibility index (Phi) is 5.24. The first-order valence-corrected chi connectivity index (χ1v) is 9.88. The van der Waals surface area contributed by atoms with E-state index in [4.69, 9.17) is 4.74 Å². The highest BCUT2D eigenvalue weighted by Crippen LogP contribution is 2.25. The second kappa shape index (κ2) is 7.85. The van der Waals surface area contributed by atoms with E-state index >= 15 is 0 Å². The fourth-order valence-corrected chi connectivity index (χ4v) is 3.98. The zero-order valence-electron chi connectivity index (χ0n) is 17.2. The minimum atomic E-state index is -0.574. The third kappa shape index (κ3) is 3.65. The number of benzene rings is 1. The zero-order chi connectivity index (χ0) is 21.4. The minimum absolute atomic E-state index is 0.0954. The SMILES string of the molecule is COc1ccc(C(=O)[C@@H]2CCCN(C(=O)c3cc4nc(C)cc(C)n4n3)C2)cc1F. The fourth-order valence-electron chi connectivity index (χ4n) is 3.98. The Labute approximate surface area is 173 Å². The molecule has 0 N–H and O–H groups in total. The predicted molar refractivity (Wildman–Crippen MR) is 108 cm³/mol. The number of carbonyl (C=O) groups excluding carboxylic acids is 2. The summed E-state index contributed by atoms with van der Waals surface area (Å²) in [5.41, 5.74) is 2.96. The van der Waals surface area contributed by atoms with Gasteiger partial charge in [0, 0.05) is 42.0 Å². The second-order valence-corrected chi connectivity index (χ2v) is 7.64. The van der Waals surface area contributed by atoms with Gasteiger partial charge in [0.2, 0.25) is 0 Å². The molecule has 0 radical (unpaired) electrons. The summed E-state index contributed by atoms with van der Waals surface area (Å²) in [6.07, 6.45) is 1.35. The Bertz CT molecular complexity index is 1140. The molecule has 0 aliphatic carbocycles. The standard InChI is InChI=1S/C22H23FN4O3/c1-13-9-14(2)27-20(24-13)11-18(25-27)22(29)26-8-4-5-16(12-26)21(28)15-6-7-19(30-3)17(23)10-15/h6-7,9-11,16H,4-5,8,12H2,1-3H3/t16-/m1/s1. The topological polar surface area (TPSA) is 76.8 Å². The molecule has 0 bridgehead atoms. The molecule has 1 aliphatic rings. The zero-order valence-corrected chi connectivity index (χ0v) is 17.2. The van der Waals surface area contributed by atoms with E-state index in [1.165, 1.54) is 19.2 Å². The van der Waals surface area contributed by atoms with Crippen molar-refractivity contribution in [1.82, 2.24) is 19.5 Å². The summed E-state index contributed by atoms with van der Waals surface area (Å²) >= 11 is 0. The van der Waals surface area contributed by atoms with E-state index in [0.717, 1.165) is 11.4 Å². The third-order valence-electron chi connectivity index (χ3n) is 5.47. The lowest BCUT2D eigenvalue weighted by Gasteiger charge is -2.31. The molecule has 156 valence electrons. The van der Waals surface area contributed by atoms with Crippen molar-refractivity contribution in [3.63, 3.8) is 0 Å². The predicted octanol–water partition coefficient (Wildman–Crippen LogP) is 3.23. The lowest BCUT2D eigenvalue weighted by molar-refractivity contribution is 0.0631. The Hall–Kier alpha value is -3.29. The summed E-state index contributed by atoms with van der Waals surface area (Å²) in [6, 6.07) is 7.78. The van der Waals surface area contributed by atoms with E-state index in [1.807, 2.05) is 19.9 Å². The van der Waals surface area contributed by atoms with Gasteiger partial charge in [0.25, 0.3) is 5.91 Å². The van der Waals surface area contributed by atoms with E-state index in [9.17, 15) is 14.0 Å². The first-order valence-electron chi connectivity index (χ1n) is 9.88. The van der Waals surface area contributed by atoms with Gasteiger partial charge in [-0.2, -0.15) is 5.10 Å². The van der Waals surface area contributed by atoms with Gasteiger partial charge in [0.1, 0.15) is 0 Å². The molecule has 7 nitrogen and oxygen atoms in total. The molecule has 0 spiro atoms. The molecule has 1 atom stereocenters. The molecule has 1 amide bonds. The molecule has 3 heterocycles. The molecular formula is C22H23FN4O3. The van der Waals surface area contributed by atoms with E-state index in [-0.39, 0.29) is 35.5 Å². The molecule has 1 aromatic carbocycles. The fraction of sp³-hybridized carbons (Fsp3) is 0.364. The van der Waals surface area contributed by atoms with Crippen molar-refractivity contribution >= 4 is 17.3 Å². The van der Waals surface area contributed by atoms with E-state index in [0.29, 0.717) is 30.7 Å². The number of aryl methyl sites for hydroxylation is 2. The number of aromatic nitrogens is 3. The molecule has 0 unspecified atom stereocenters.